The number of hydrogen-bond donors (Lipinski definition) is 0. The molecule has 1 radical (unpaired) electrons. The van der Waals surface area contributed by atoms with E-state index in [1.807, 2.05) is 0 Å². The van der Waals surface area contributed by atoms with Crippen molar-refractivity contribution in [2.24, 2.45) is 0 Å². The summed E-state index contributed by atoms with van der Waals surface area (Å²) in [5, 5.41) is 0. The molecule has 0 rings (SSSR count). The normalized spacial score (nSPS) is 0. The van der Waals surface area contributed by atoms with Crippen LogP contribution >= 0.6 is 0 Å². The van der Waals surface area contributed by atoms with Crippen LogP contribution in [-0.4, -0.2) is 45.5 Å². The molecule has 0 saturated carbocycles. The maximum atomic E-state index is 0. The van der Waals surface area contributed by atoms with E-state index < -0.39 is 0 Å². The zero-order valence-electron chi connectivity index (χ0n) is 2.38. The molecule has 0 spiro atoms. The van der Waals surface area contributed by atoms with Gasteiger partial charge >= 0.3 is 115 Å². The summed E-state index contributed by atoms with van der Waals surface area (Å²) in [6.45, 7) is 0. The molecule has 0 unspecified atom stereocenters. The van der Waals surface area contributed by atoms with Crippen LogP contribution in [0.25, 0.3) is 0 Å². The standard InChI is InChI=1S/Co.Fe.La.O.Sr/q2*+2;+3;-2;+2. The minimum atomic E-state index is 0. The largest absolute Gasteiger partial charge is 3.00 e. The third-order valence-electron chi connectivity index (χ3n) is 0. The van der Waals surface area contributed by atoms with E-state index in [2.05, 4.69) is 0 Å². The predicted molar refractivity (Wildman–Crippen MR) is 6.44 cm³/mol. The molecule has 0 heterocycles. The van der Waals surface area contributed by atoms with E-state index in [1.54, 1.807) is 0 Å². The van der Waals surface area contributed by atoms with Crippen molar-refractivity contribution in [3.8, 4) is 0 Å². The molecule has 0 bridgehead atoms. The zero-order chi connectivity index (χ0) is 0. The van der Waals surface area contributed by atoms with Crippen molar-refractivity contribution < 1.29 is 74.9 Å². The SMILES string of the molecule is [Co+2].[Fe+2].[La+3].[O-2].[Sr+2]. The van der Waals surface area contributed by atoms with Gasteiger partial charge in [-0.05, 0) is 0 Å². The van der Waals surface area contributed by atoms with E-state index in [-0.39, 0.29) is 120 Å². The van der Waals surface area contributed by atoms with E-state index in [0.717, 1.165) is 0 Å². The molecule has 0 aromatic carbocycles. The van der Waals surface area contributed by atoms with Gasteiger partial charge in [-0.3, -0.25) is 0 Å². The van der Waals surface area contributed by atoms with Crippen LogP contribution in [0.1, 0.15) is 0 Å². The van der Waals surface area contributed by atoms with E-state index in [4.69, 9.17) is 0 Å². The molecule has 0 aliphatic carbocycles. The zero-order valence-corrected chi connectivity index (χ0v) is 11.6. The van der Waals surface area contributed by atoms with Crippen molar-refractivity contribution in [3.05, 3.63) is 0 Å². The Morgan fingerprint density at radius 2 is 1.00 bits per heavy atom. The molecule has 21 valence electrons. The Morgan fingerprint density at radius 3 is 1.00 bits per heavy atom. The first-order chi connectivity index (χ1) is 0. The Kier molecular flexibility index (Phi) is 192. The Bertz CT molecular complexity index is 11.6. The summed E-state index contributed by atoms with van der Waals surface area (Å²) in [5.74, 6) is 0. The van der Waals surface area contributed by atoms with Gasteiger partial charge < -0.3 is 5.48 Å². The second-order valence-corrected chi connectivity index (χ2v) is 0. The third kappa shape index (κ3) is 18.3. The molecule has 0 aromatic rings. The van der Waals surface area contributed by atoms with E-state index >= 15 is 0 Å². The molecule has 0 N–H and O–H groups in total. The minimum Gasteiger partial charge on any atom is -2.00 e. The van der Waals surface area contributed by atoms with Crippen LogP contribution in [0.3, 0.4) is 0 Å². The summed E-state index contributed by atoms with van der Waals surface area (Å²) >= 11 is 0. The Hall–Kier alpha value is 3.66. The van der Waals surface area contributed by atoms with Gasteiger partial charge in [0, 0.05) is 0 Å². The van der Waals surface area contributed by atoms with E-state index in [1.165, 1.54) is 0 Å². The summed E-state index contributed by atoms with van der Waals surface area (Å²) in [5.41, 5.74) is 0. The summed E-state index contributed by atoms with van der Waals surface area (Å²) in [6.07, 6.45) is 0. The van der Waals surface area contributed by atoms with Gasteiger partial charge in [-0.1, -0.05) is 0 Å². The molecule has 0 aromatic heterocycles. The smallest absolute Gasteiger partial charge is 2.00 e. The van der Waals surface area contributed by atoms with Gasteiger partial charge in [0.25, 0.3) is 0 Å². The van der Waals surface area contributed by atoms with Crippen molar-refractivity contribution in [2.45, 2.75) is 0 Å². The molecule has 0 atom stereocenters. The van der Waals surface area contributed by atoms with Gasteiger partial charge in [-0.15, -0.1) is 0 Å². The molecule has 0 fully saturated rings. The second-order valence-electron chi connectivity index (χ2n) is 0. The Labute approximate surface area is 117 Å². The minimum absolute atomic E-state index is 0. The Balaban J connectivity index is 0. The van der Waals surface area contributed by atoms with Gasteiger partial charge in [0.05, 0.1) is 0 Å². The fourth-order valence-corrected chi connectivity index (χ4v) is 0. The number of hydrogen-bond acceptors (Lipinski definition) is 0. The van der Waals surface area contributed by atoms with Gasteiger partial charge in [-0.25, -0.2) is 0 Å². The summed E-state index contributed by atoms with van der Waals surface area (Å²) in [4.78, 5) is 0. The van der Waals surface area contributed by atoms with Gasteiger partial charge in [0.2, 0.25) is 0 Å². The van der Waals surface area contributed by atoms with Crippen LogP contribution in [0.2, 0.25) is 0 Å². The van der Waals surface area contributed by atoms with Crippen LogP contribution in [0.4, 0.5) is 0 Å². The summed E-state index contributed by atoms with van der Waals surface area (Å²) in [7, 11) is 0. The molecular formula is CoFeLaOSr+7. The van der Waals surface area contributed by atoms with Crippen molar-refractivity contribution in [2.75, 3.05) is 0 Å². The number of rotatable bonds is 0. The third-order valence-corrected chi connectivity index (χ3v) is 0. The molecule has 5 heteroatoms. The van der Waals surface area contributed by atoms with Crippen LogP contribution in [-0.2, 0) is 39.3 Å². The first-order valence-corrected chi connectivity index (χ1v) is 0. The average Bonchev–Trinajstić information content (AvgIpc) is 0. The van der Waals surface area contributed by atoms with Crippen molar-refractivity contribution in [1.82, 2.24) is 0 Å². The Morgan fingerprint density at radius 1 is 1.00 bits per heavy atom. The van der Waals surface area contributed by atoms with E-state index in [0.29, 0.717) is 0 Å². The van der Waals surface area contributed by atoms with Crippen molar-refractivity contribution in [1.29, 1.82) is 0 Å². The second kappa shape index (κ2) is 25.4. The maximum Gasteiger partial charge on any atom is 3.00 e. The van der Waals surface area contributed by atoms with Crippen molar-refractivity contribution >= 4 is 45.5 Å². The first-order valence-electron chi connectivity index (χ1n) is 0. The molecule has 0 aliphatic rings. The average molecular weight is 357 g/mol. The molecule has 5 heavy (non-hydrogen) atoms. The summed E-state index contributed by atoms with van der Waals surface area (Å²) in [6, 6.07) is 0. The first kappa shape index (κ1) is 37.9. The van der Waals surface area contributed by atoms with Crippen LogP contribution in [0.15, 0.2) is 0 Å². The fraction of sp³-hybridized carbons (Fsp3) is 0. The van der Waals surface area contributed by atoms with Gasteiger partial charge in [0.1, 0.15) is 0 Å². The van der Waals surface area contributed by atoms with E-state index in [9.17, 15) is 0 Å². The quantitative estimate of drug-likeness (QED) is 0.523. The van der Waals surface area contributed by atoms with Gasteiger partial charge in [-0.2, -0.15) is 0 Å². The van der Waals surface area contributed by atoms with Crippen molar-refractivity contribution in [3.63, 3.8) is 0 Å². The molecule has 0 saturated heterocycles. The monoisotopic (exact) mass is 358 g/mol. The molecule has 1 nitrogen and oxygen atoms in total. The molecule has 0 amide bonds. The predicted octanol–water partition coefficient (Wildman–Crippen LogP) is -0.505. The molecule has 0 aliphatic heterocycles. The topological polar surface area (TPSA) is 28.5 Å². The van der Waals surface area contributed by atoms with Crippen LogP contribution in [0, 0.1) is 35.6 Å². The molecular weight excluding hydrogens is 357 g/mol. The summed E-state index contributed by atoms with van der Waals surface area (Å²) < 4.78 is 0. The van der Waals surface area contributed by atoms with Gasteiger partial charge in [0.15, 0.2) is 0 Å². The van der Waals surface area contributed by atoms with Crippen LogP contribution in [0.5, 0.6) is 0 Å². The van der Waals surface area contributed by atoms with Crippen LogP contribution < -0.4 is 0 Å². The fourth-order valence-electron chi connectivity index (χ4n) is 0. The maximum absolute atomic E-state index is 0.